The number of hydrogen-bond acceptors (Lipinski definition) is 8. The Bertz CT molecular complexity index is 1160. The van der Waals surface area contributed by atoms with Crippen LogP contribution in [0.15, 0.2) is 48.6 Å². The van der Waals surface area contributed by atoms with Crippen molar-refractivity contribution in [1.29, 1.82) is 0 Å². The zero-order valence-electron chi connectivity index (χ0n) is 40.1. The summed E-state index contributed by atoms with van der Waals surface area (Å²) in [6, 6.07) is 0. The predicted molar refractivity (Wildman–Crippen MR) is 261 cm³/mol. The second-order valence-electron chi connectivity index (χ2n) is 17.0. The van der Waals surface area contributed by atoms with Gasteiger partial charge in [0.1, 0.15) is 6.61 Å². The van der Waals surface area contributed by atoms with E-state index in [9.17, 15) is 19.0 Å². The number of ether oxygens (including phenoxy) is 2. The van der Waals surface area contributed by atoms with Crippen LogP contribution in [0.25, 0.3) is 0 Å². The number of carbonyl (C=O) groups is 2. The van der Waals surface area contributed by atoms with Gasteiger partial charge < -0.3 is 20.1 Å². The van der Waals surface area contributed by atoms with E-state index in [1.807, 2.05) is 0 Å². The van der Waals surface area contributed by atoms with Crippen molar-refractivity contribution in [3.63, 3.8) is 0 Å². The summed E-state index contributed by atoms with van der Waals surface area (Å²) in [4.78, 5) is 34.9. The first kappa shape index (κ1) is 60.0. The molecule has 0 aliphatic rings. The third-order valence-corrected chi connectivity index (χ3v) is 12.0. The summed E-state index contributed by atoms with van der Waals surface area (Å²) in [7, 11) is -4.37. The van der Waals surface area contributed by atoms with Crippen LogP contribution >= 0.6 is 7.82 Å². The van der Waals surface area contributed by atoms with Crippen LogP contribution in [0.4, 0.5) is 0 Å². The molecule has 0 amide bonds. The molecule has 10 heteroatoms. The molecule has 9 nitrogen and oxygen atoms in total. The van der Waals surface area contributed by atoms with E-state index >= 15 is 0 Å². The van der Waals surface area contributed by atoms with E-state index in [4.69, 9.17) is 24.3 Å². The molecule has 0 rings (SSSR count). The standard InChI is InChI=1S/C52H96NO8P/c1-3-5-7-9-11-13-15-16-17-18-19-20-21-22-23-24-25-26-27-28-29-30-31-32-33-34-35-37-39-41-43-45-52(55)61-50(49-60-62(56,57)59-47-46-53)48-58-51(54)44-42-40-38-36-14-12-10-8-6-4-2/h5,7,11,13,16-17,19-20,50H,3-4,6,8-10,12,14-15,18,21-49,53H2,1-2H3,(H,56,57)/b7-5-,13-11-,17-16-,20-19-. The topological polar surface area (TPSA) is 134 Å². The highest BCUT2D eigenvalue weighted by molar-refractivity contribution is 7.47. The number of allylic oxidation sites excluding steroid dienone is 8. The molecule has 0 aromatic carbocycles. The molecule has 0 bridgehead atoms. The number of phosphoric ester groups is 1. The Hall–Kier alpha value is -2.03. The van der Waals surface area contributed by atoms with Gasteiger partial charge in [-0.1, -0.05) is 223 Å². The third kappa shape index (κ3) is 47.4. The van der Waals surface area contributed by atoms with Gasteiger partial charge in [0.25, 0.3) is 0 Å². The molecule has 0 fully saturated rings. The average Bonchev–Trinajstić information content (AvgIpc) is 3.26. The molecule has 0 radical (unpaired) electrons. The smallest absolute Gasteiger partial charge is 0.462 e. The molecule has 2 atom stereocenters. The fraction of sp³-hybridized carbons (Fsp3) is 0.808. The number of nitrogens with two attached hydrogens (primary N) is 1. The number of rotatable bonds is 48. The van der Waals surface area contributed by atoms with Crippen molar-refractivity contribution in [1.82, 2.24) is 0 Å². The summed E-state index contributed by atoms with van der Waals surface area (Å²) in [6.45, 7) is 3.63. The van der Waals surface area contributed by atoms with Crippen molar-refractivity contribution < 1.29 is 37.6 Å². The molecule has 0 aromatic heterocycles. The zero-order chi connectivity index (χ0) is 45.3. The van der Waals surface area contributed by atoms with Crippen LogP contribution in [-0.2, 0) is 32.7 Å². The minimum atomic E-state index is -4.37. The first-order valence-corrected chi connectivity index (χ1v) is 27.1. The Balaban J connectivity index is 3.86. The number of phosphoric acid groups is 1. The average molecular weight is 894 g/mol. The zero-order valence-corrected chi connectivity index (χ0v) is 41.0. The van der Waals surface area contributed by atoms with Gasteiger partial charge in [0.05, 0.1) is 13.2 Å². The first-order valence-electron chi connectivity index (χ1n) is 25.6. The van der Waals surface area contributed by atoms with Crippen molar-refractivity contribution in [2.24, 2.45) is 5.73 Å². The number of carbonyl (C=O) groups excluding carboxylic acids is 2. The summed E-state index contributed by atoms with van der Waals surface area (Å²) in [6.07, 6.45) is 57.5. The molecule has 3 N–H and O–H groups in total. The van der Waals surface area contributed by atoms with E-state index in [0.717, 1.165) is 57.8 Å². The Labute approximate surface area is 381 Å². The fourth-order valence-corrected chi connectivity index (χ4v) is 7.98. The molecule has 0 aliphatic carbocycles. The lowest BCUT2D eigenvalue weighted by molar-refractivity contribution is -0.161. The Kier molecular flexibility index (Phi) is 46.8. The van der Waals surface area contributed by atoms with Crippen LogP contribution in [0.2, 0.25) is 0 Å². The molecule has 0 spiro atoms. The third-order valence-electron chi connectivity index (χ3n) is 11.0. The van der Waals surface area contributed by atoms with Gasteiger partial charge in [0.15, 0.2) is 6.10 Å². The molecule has 362 valence electrons. The van der Waals surface area contributed by atoms with Crippen molar-refractivity contribution >= 4 is 19.8 Å². The molecule has 0 aromatic rings. The van der Waals surface area contributed by atoms with E-state index < -0.39 is 26.5 Å². The maximum Gasteiger partial charge on any atom is 0.472 e. The first-order chi connectivity index (χ1) is 30.3. The minimum Gasteiger partial charge on any atom is -0.462 e. The van der Waals surface area contributed by atoms with Crippen LogP contribution in [0, 0.1) is 0 Å². The van der Waals surface area contributed by atoms with Gasteiger partial charge in [-0.25, -0.2) is 4.57 Å². The largest absolute Gasteiger partial charge is 0.472 e. The van der Waals surface area contributed by atoms with Gasteiger partial charge in [-0.2, -0.15) is 0 Å². The van der Waals surface area contributed by atoms with Gasteiger partial charge in [0, 0.05) is 19.4 Å². The lowest BCUT2D eigenvalue weighted by Gasteiger charge is -2.19. The van der Waals surface area contributed by atoms with Gasteiger partial charge in [-0.15, -0.1) is 0 Å². The highest BCUT2D eigenvalue weighted by Gasteiger charge is 2.26. The van der Waals surface area contributed by atoms with E-state index in [1.54, 1.807) is 0 Å². The van der Waals surface area contributed by atoms with E-state index in [2.05, 4.69) is 62.5 Å². The molecule has 0 aliphatic heterocycles. The predicted octanol–water partition coefficient (Wildman–Crippen LogP) is 15.5. The van der Waals surface area contributed by atoms with Crippen molar-refractivity contribution in [2.75, 3.05) is 26.4 Å². The molecule has 0 saturated carbocycles. The Morgan fingerprint density at radius 2 is 0.887 bits per heavy atom. The minimum absolute atomic E-state index is 0.0548. The molecular formula is C52H96NO8P. The Morgan fingerprint density at radius 1 is 0.500 bits per heavy atom. The Morgan fingerprint density at radius 3 is 1.32 bits per heavy atom. The second-order valence-corrected chi connectivity index (χ2v) is 18.5. The number of hydrogen-bond donors (Lipinski definition) is 2. The van der Waals surface area contributed by atoms with Gasteiger partial charge >= 0.3 is 19.8 Å². The SMILES string of the molecule is CC/C=C\C/C=C\C/C=C\C/C=C\CCCCCCCCCCCCCCCCCCCCC(=O)OC(COC(=O)CCCCCCCCCCCC)COP(=O)(O)OCCN. The highest BCUT2D eigenvalue weighted by atomic mass is 31.2. The van der Waals surface area contributed by atoms with Crippen LogP contribution in [0.5, 0.6) is 0 Å². The highest BCUT2D eigenvalue weighted by Crippen LogP contribution is 2.43. The van der Waals surface area contributed by atoms with Crippen molar-refractivity contribution in [3.8, 4) is 0 Å². The molecule has 62 heavy (non-hydrogen) atoms. The van der Waals surface area contributed by atoms with E-state index in [-0.39, 0.29) is 38.6 Å². The van der Waals surface area contributed by atoms with Crippen molar-refractivity contribution in [3.05, 3.63) is 48.6 Å². The van der Waals surface area contributed by atoms with Crippen molar-refractivity contribution in [2.45, 2.75) is 245 Å². The summed E-state index contributed by atoms with van der Waals surface area (Å²) >= 11 is 0. The van der Waals surface area contributed by atoms with Gasteiger partial charge in [-0.05, 0) is 51.4 Å². The lowest BCUT2D eigenvalue weighted by Crippen LogP contribution is -2.29. The monoisotopic (exact) mass is 894 g/mol. The normalized spacial score (nSPS) is 13.5. The maximum atomic E-state index is 12.6. The summed E-state index contributed by atoms with van der Waals surface area (Å²) in [5.74, 6) is -0.821. The lowest BCUT2D eigenvalue weighted by atomic mass is 10.0. The van der Waals surface area contributed by atoms with Gasteiger partial charge in [-0.3, -0.25) is 18.6 Å². The molecule has 0 heterocycles. The van der Waals surface area contributed by atoms with Crippen LogP contribution in [-0.4, -0.2) is 49.3 Å². The molecule has 0 saturated heterocycles. The molecular weight excluding hydrogens is 798 g/mol. The maximum absolute atomic E-state index is 12.6. The fourth-order valence-electron chi connectivity index (χ4n) is 7.22. The number of unbranched alkanes of at least 4 members (excludes halogenated alkanes) is 27. The molecule has 2 unspecified atom stereocenters. The van der Waals surface area contributed by atoms with Crippen LogP contribution in [0.1, 0.15) is 239 Å². The van der Waals surface area contributed by atoms with E-state index in [0.29, 0.717) is 6.42 Å². The quantitative estimate of drug-likeness (QED) is 0.0265. The van der Waals surface area contributed by atoms with E-state index in [1.165, 1.54) is 148 Å². The number of esters is 2. The summed E-state index contributed by atoms with van der Waals surface area (Å²) < 4.78 is 32.8. The van der Waals surface area contributed by atoms with Gasteiger partial charge in [0.2, 0.25) is 0 Å². The summed E-state index contributed by atoms with van der Waals surface area (Å²) in [5, 5.41) is 0. The summed E-state index contributed by atoms with van der Waals surface area (Å²) in [5.41, 5.74) is 5.36. The second kappa shape index (κ2) is 48.4. The van der Waals surface area contributed by atoms with Crippen LogP contribution in [0.3, 0.4) is 0 Å². The van der Waals surface area contributed by atoms with Crippen LogP contribution < -0.4 is 5.73 Å².